The Balaban J connectivity index is 2.16. The molecule has 230 valence electrons. The van der Waals surface area contributed by atoms with Gasteiger partial charge in [-0.1, -0.05) is 5.16 Å². The van der Waals surface area contributed by atoms with E-state index in [9.17, 15) is 27.6 Å². The number of aromatic nitrogens is 1. The van der Waals surface area contributed by atoms with E-state index in [0.717, 1.165) is 11.3 Å². The summed E-state index contributed by atoms with van der Waals surface area (Å²) < 4.78 is 45.6. The van der Waals surface area contributed by atoms with E-state index in [-0.39, 0.29) is 30.6 Å². The molecule has 1 saturated heterocycles. The molecule has 0 spiro atoms. The second-order valence-corrected chi connectivity index (χ2v) is 12.3. The quantitative estimate of drug-likeness (QED) is 0.0867. The predicted octanol–water partition coefficient (Wildman–Crippen LogP) is -0.0196. The minimum Gasteiger partial charge on any atom is -0.466 e. The van der Waals surface area contributed by atoms with Gasteiger partial charge < -0.3 is 30.1 Å². The lowest BCUT2D eigenvalue weighted by Crippen LogP contribution is -2.71. The van der Waals surface area contributed by atoms with Crippen LogP contribution < -0.4 is 11.1 Å². The topological polar surface area (TPSA) is 215 Å². The van der Waals surface area contributed by atoms with Crippen LogP contribution in [0.4, 0.5) is 5.13 Å². The third kappa shape index (κ3) is 8.34. The Kier molecular flexibility index (Phi) is 11.2. The summed E-state index contributed by atoms with van der Waals surface area (Å²) in [5.41, 5.74) is 2.31. The van der Waals surface area contributed by atoms with Crippen LogP contribution in [0.2, 0.25) is 0 Å². The maximum Gasteiger partial charge on any atom is 0.365 e. The summed E-state index contributed by atoms with van der Waals surface area (Å²) in [6.07, 6.45) is 0. The normalized spacial score (nSPS) is 18.0. The fraction of sp³-hybridized carbons (Fsp3) is 0.652. The number of esters is 2. The van der Waals surface area contributed by atoms with Gasteiger partial charge in [0.2, 0.25) is 5.60 Å². The second-order valence-electron chi connectivity index (χ2n) is 9.89. The molecule has 41 heavy (non-hydrogen) atoms. The highest BCUT2D eigenvalue weighted by molar-refractivity contribution is 7.85. The summed E-state index contributed by atoms with van der Waals surface area (Å²) in [6.45, 7) is 8.20. The number of oxime groups is 1. The lowest BCUT2D eigenvalue weighted by molar-refractivity contribution is -0.169. The Bertz CT molecular complexity index is 1280. The number of nitrogens with two attached hydrogens (primary N) is 1. The molecule has 1 fully saturated rings. The van der Waals surface area contributed by atoms with Crippen LogP contribution in [0.1, 0.15) is 47.2 Å². The molecule has 2 atom stereocenters. The molecule has 0 aromatic carbocycles. The van der Waals surface area contributed by atoms with Gasteiger partial charge in [0, 0.05) is 12.5 Å². The van der Waals surface area contributed by atoms with Gasteiger partial charge in [-0.2, -0.15) is 8.42 Å². The maximum absolute atomic E-state index is 13.2. The summed E-state index contributed by atoms with van der Waals surface area (Å²) in [4.78, 5) is 59.7. The fourth-order valence-corrected chi connectivity index (χ4v) is 5.12. The van der Waals surface area contributed by atoms with E-state index >= 15 is 0 Å². The number of nitrogen functional groups attached to an aromatic ring is 1. The van der Waals surface area contributed by atoms with Crippen LogP contribution in [0.15, 0.2) is 10.5 Å². The number of hydrogen-bond donors (Lipinski definition) is 2. The summed E-state index contributed by atoms with van der Waals surface area (Å²) in [7, 11) is -3.17. The zero-order valence-corrected chi connectivity index (χ0v) is 25.4. The standard InChI is InChI=1S/C23H35N5O11S2/c1-8-36-19(31)22(3,4)12-38-41(33,34)28-13(2)15(18(28)30)26-17(29)16(14-11-40-21(24)25-14)27-39-23(5,6)20(32)37-10-9-35-7/h11,13,15H,8-10,12H2,1-7H3,(H2,24,25)(H,26,29)/b27-16-/t13-,15-/m0/s1. The van der Waals surface area contributed by atoms with Crippen molar-refractivity contribution in [2.24, 2.45) is 10.6 Å². The number of thiazole rings is 1. The first-order valence-corrected chi connectivity index (χ1v) is 14.6. The first-order chi connectivity index (χ1) is 19.0. The van der Waals surface area contributed by atoms with E-state index in [2.05, 4.69) is 15.5 Å². The zero-order chi connectivity index (χ0) is 31.2. The highest BCUT2D eigenvalue weighted by Gasteiger charge is 2.53. The van der Waals surface area contributed by atoms with Gasteiger partial charge in [0.15, 0.2) is 10.8 Å². The number of ether oxygens (including phenoxy) is 3. The van der Waals surface area contributed by atoms with Gasteiger partial charge in [-0.25, -0.2) is 14.1 Å². The Morgan fingerprint density at radius 3 is 2.37 bits per heavy atom. The molecule has 18 heteroatoms. The van der Waals surface area contributed by atoms with E-state index in [1.54, 1.807) is 6.92 Å². The minimum atomic E-state index is -4.61. The van der Waals surface area contributed by atoms with Crippen LogP contribution in [0.5, 0.6) is 0 Å². The van der Waals surface area contributed by atoms with Crippen LogP contribution in [0.25, 0.3) is 0 Å². The van der Waals surface area contributed by atoms with Crippen molar-refractivity contribution in [3.63, 3.8) is 0 Å². The van der Waals surface area contributed by atoms with Gasteiger partial charge in [-0.3, -0.25) is 18.6 Å². The number of rotatable bonds is 15. The number of β-lactam (4-membered cyclic amide) rings is 1. The summed E-state index contributed by atoms with van der Waals surface area (Å²) >= 11 is 1.00. The molecule has 0 unspecified atom stereocenters. The predicted molar refractivity (Wildman–Crippen MR) is 145 cm³/mol. The van der Waals surface area contributed by atoms with Crippen molar-refractivity contribution in [1.82, 2.24) is 14.6 Å². The van der Waals surface area contributed by atoms with Gasteiger partial charge >= 0.3 is 22.2 Å². The Labute approximate surface area is 241 Å². The first-order valence-electron chi connectivity index (χ1n) is 12.3. The number of carbonyl (C=O) groups excluding carboxylic acids is 4. The Morgan fingerprint density at radius 2 is 1.83 bits per heavy atom. The third-order valence-electron chi connectivity index (χ3n) is 5.62. The molecule has 16 nitrogen and oxygen atoms in total. The molecule has 0 aliphatic carbocycles. The van der Waals surface area contributed by atoms with E-state index in [0.29, 0.717) is 4.31 Å². The molecule has 0 saturated carbocycles. The van der Waals surface area contributed by atoms with Crippen molar-refractivity contribution in [3.05, 3.63) is 11.1 Å². The highest BCUT2D eigenvalue weighted by Crippen LogP contribution is 2.27. The Hall–Kier alpha value is -3.35. The minimum absolute atomic E-state index is 0.0121. The lowest BCUT2D eigenvalue weighted by atomic mass is 9.95. The van der Waals surface area contributed by atoms with Gasteiger partial charge in [0.05, 0.1) is 31.3 Å². The lowest BCUT2D eigenvalue weighted by Gasteiger charge is -2.43. The molecule has 2 heterocycles. The molecule has 2 amide bonds. The average molecular weight is 622 g/mol. The smallest absolute Gasteiger partial charge is 0.365 e. The molecule has 1 aliphatic heterocycles. The number of anilines is 1. The number of hydrogen-bond acceptors (Lipinski definition) is 15. The van der Waals surface area contributed by atoms with Crippen LogP contribution >= 0.6 is 11.3 Å². The number of carbonyl (C=O) groups is 4. The molecule has 2 rings (SSSR count). The van der Waals surface area contributed by atoms with Gasteiger partial charge in [-0.05, 0) is 41.5 Å². The van der Waals surface area contributed by atoms with Crippen molar-refractivity contribution in [2.45, 2.75) is 59.2 Å². The molecule has 0 bridgehead atoms. The number of amides is 2. The van der Waals surface area contributed by atoms with Crippen molar-refractivity contribution >= 4 is 56.2 Å². The number of methoxy groups -OCH3 is 1. The molecule has 1 aromatic heterocycles. The molecular weight excluding hydrogens is 586 g/mol. The highest BCUT2D eigenvalue weighted by atomic mass is 32.2. The number of nitrogens with one attached hydrogen (secondary N) is 1. The van der Waals surface area contributed by atoms with Crippen LogP contribution in [-0.2, 0) is 52.7 Å². The third-order valence-corrected chi connectivity index (χ3v) is 7.70. The van der Waals surface area contributed by atoms with Gasteiger partial charge in [-0.15, -0.1) is 11.3 Å². The van der Waals surface area contributed by atoms with E-state index < -0.39 is 69.5 Å². The van der Waals surface area contributed by atoms with E-state index in [1.165, 1.54) is 47.1 Å². The fourth-order valence-electron chi connectivity index (χ4n) is 3.16. The molecule has 3 N–H and O–H groups in total. The maximum atomic E-state index is 13.2. The largest absolute Gasteiger partial charge is 0.466 e. The van der Waals surface area contributed by atoms with Crippen LogP contribution in [0, 0.1) is 5.41 Å². The molecule has 1 aliphatic rings. The summed E-state index contributed by atoms with van der Waals surface area (Å²) in [6, 6.07) is -2.34. The average Bonchev–Trinajstić information content (AvgIpc) is 3.32. The zero-order valence-electron chi connectivity index (χ0n) is 23.8. The van der Waals surface area contributed by atoms with E-state index in [1.807, 2.05) is 0 Å². The first kappa shape index (κ1) is 33.9. The van der Waals surface area contributed by atoms with Crippen molar-refractivity contribution in [2.75, 3.05) is 39.3 Å². The van der Waals surface area contributed by atoms with Crippen LogP contribution in [-0.4, -0.2) is 98.4 Å². The molecular formula is C23H35N5O11S2. The summed E-state index contributed by atoms with van der Waals surface area (Å²) in [5.74, 6) is -3.40. The molecule has 1 aromatic rings. The molecule has 0 radical (unpaired) electrons. The second kappa shape index (κ2) is 13.5. The van der Waals surface area contributed by atoms with E-state index in [4.69, 9.17) is 29.0 Å². The van der Waals surface area contributed by atoms with Gasteiger partial charge in [0.1, 0.15) is 18.3 Å². The SMILES string of the molecule is CCOC(=O)C(C)(C)COS(=O)(=O)N1C(=O)[C@@H](NC(=O)/C(=N\OC(C)(C)C(=O)OCCOC)c2csc(N)n2)[C@@H]1C. The van der Waals surface area contributed by atoms with Gasteiger partial charge in [0.25, 0.3) is 11.8 Å². The van der Waals surface area contributed by atoms with Crippen molar-refractivity contribution in [3.8, 4) is 0 Å². The van der Waals surface area contributed by atoms with Crippen molar-refractivity contribution < 1.29 is 50.8 Å². The van der Waals surface area contributed by atoms with Crippen molar-refractivity contribution in [1.29, 1.82) is 0 Å². The Morgan fingerprint density at radius 1 is 1.17 bits per heavy atom. The monoisotopic (exact) mass is 621 g/mol. The van der Waals surface area contributed by atoms with Crippen LogP contribution in [0.3, 0.4) is 0 Å². The summed E-state index contributed by atoms with van der Waals surface area (Å²) in [5, 5.41) is 7.70. The number of nitrogens with zero attached hydrogens (tertiary/aromatic N) is 3.